The summed E-state index contributed by atoms with van der Waals surface area (Å²) in [6, 6.07) is 16.2. The first-order chi connectivity index (χ1) is 14.2. The lowest BCUT2D eigenvalue weighted by atomic mass is 10.0. The third kappa shape index (κ3) is 4.49. The van der Waals surface area contributed by atoms with E-state index in [1.54, 1.807) is 11.8 Å². The summed E-state index contributed by atoms with van der Waals surface area (Å²) >= 11 is 1.72. The largest absolute Gasteiger partial charge is 0.368 e. The predicted molar refractivity (Wildman–Crippen MR) is 115 cm³/mol. The van der Waals surface area contributed by atoms with E-state index in [1.165, 1.54) is 4.90 Å². The summed E-state index contributed by atoms with van der Waals surface area (Å²) in [6.07, 6.45) is 3.54. The Morgan fingerprint density at radius 1 is 0.966 bits per heavy atom. The van der Waals surface area contributed by atoms with E-state index in [0.717, 1.165) is 24.0 Å². The molecule has 0 radical (unpaired) electrons. The van der Waals surface area contributed by atoms with Gasteiger partial charge < -0.3 is 14.5 Å². The number of thioether (sulfide) groups is 1. The Labute approximate surface area is 176 Å². The highest BCUT2D eigenvalue weighted by molar-refractivity contribution is 7.98. The molecule has 29 heavy (non-hydrogen) atoms. The van der Waals surface area contributed by atoms with Crippen molar-refractivity contribution in [1.82, 2.24) is 9.80 Å². The van der Waals surface area contributed by atoms with Crippen molar-refractivity contribution in [3.63, 3.8) is 0 Å². The molecule has 2 aliphatic heterocycles. The van der Waals surface area contributed by atoms with Crippen molar-refractivity contribution in [1.29, 1.82) is 0 Å². The molecule has 2 aliphatic rings. The summed E-state index contributed by atoms with van der Waals surface area (Å²) in [5.74, 6) is 0.102. The maximum absolute atomic E-state index is 12.9. The molecule has 4 rings (SSSR count). The molecule has 2 heterocycles. The molecule has 152 valence electrons. The molecular weight excluding hydrogens is 384 g/mol. The molecule has 6 heteroatoms. The normalized spacial score (nSPS) is 19.4. The number of ether oxygens (including phenoxy) is 1. The fourth-order valence-electron chi connectivity index (χ4n) is 3.90. The summed E-state index contributed by atoms with van der Waals surface area (Å²) in [5.41, 5.74) is 2.94. The molecule has 0 aliphatic carbocycles. The Bertz CT molecular complexity index is 870. The SMILES string of the molecule is CSc1cccc(-c2ccc(C(=O)N3CCN(C(=O)[C@@H]4CCCO4)CC3)cc2)c1. The van der Waals surface area contributed by atoms with Crippen LogP contribution in [0.25, 0.3) is 11.1 Å². The lowest BCUT2D eigenvalue weighted by Crippen LogP contribution is -2.52. The molecule has 2 amide bonds. The molecular formula is C23H26N2O3S. The molecule has 2 aromatic carbocycles. The second kappa shape index (κ2) is 9.01. The number of carbonyl (C=O) groups excluding carboxylic acids is 2. The van der Waals surface area contributed by atoms with Crippen LogP contribution in [0, 0.1) is 0 Å². The van der Waals surface area contributed by atoms with Gasteiger partial charge in [-0.1, -0.05) is 24.3 Å². The van der Waals surface area contributed by atoms with Crippen LogP contribution in [0.2, 0.25) is 0 Å². The van der Waals surface area contributed by atoms with Crippen molar-refractivity contribution in [2.75, 3.05) is 39.0 Å². The molecule has 0 unspecified atom stereocenters. The Kier molecular flexibility index (Phi) is 6.21. The second-order valence-electron chi connectivity index (χ2n) is 7.43. The minimum absolute atomic E-state index is 0.0265. The first kappa shape index (κ1) is 20.0. The average molecular weight is 411 g/mol. The van der Waals surface area contributed by atoms with Crippen molar-refractivity contribution in [2.45, 2.75) is 23.8 Å². The summed E-state index contributed by atoms with van der Waals surface area (Å²) in [5, 5.41) is 0. The monoisotopic (exact) mass is 410 g/mol. The third-order valence-corrected chi connectivity index (χ3v) is 6.34. The number of amides is 2. The van der Waals surface area contributed by atoms with Gasteiger partial charge in [0, 0.05) is 43.2 Å². The van der Waals surface area contributed by atoms with Crippen molar-refractivity contribution >= 4 is 23.6 Å². The zero-order valence-electron chi connectivity index (χ0n) is 16.7. The molecule has 2 fully saturated rings. The Hall–Kier alpha value is -2.31. The van der Waals surface area contributed by atoms with Crippen LogP contribution in [0.1, 0.15) is 23.2 Å². The van der Waals surface area contributed by atoms with Gasteiger partial charge in [0.25, 0.3) is 11.8 Å². The fraction of sp³-hybridized carbons (Fsp3) is 0.391. The van der Waals surface area contributed by atoms with Gasteiger partial charge in [0.05, 0.1) is 0 Å². The first-order valence-electron chi connectivity index (χ1n) is 10.1. The minimum atomic E-state index is -0.283. The van der Waals surface area contributed by atoms with Crippen LogP contribution in [0.5, 0.6) is 0 Å². The third-order valence-electron chi connectivity index (χ3n) is 5.62. The lowest BCUT2D eigenvalue weighted by Gasteiger charge is -2.35. The smallest absolute Gasteiger partial charge is 0.253 e. The summed E-state index contributed by atoms with van der Waals surface area (Å²) in [7, 11) is 0. The maximum Gasteiger partial charge on any atom is 0.253 e. The van der Waals surface area contributed by atoms with E-state index in [1.807, 2.05) is 34.1 Å². The molecule has 5 nitrogen and oxygen atoms in total. The number of carbonyl (C=O) groups is 2. The number of hydrogen-bond donors (Lipinski definition) is 0. The lowest BCUT2D eigenvalue weighted by molar-refractivity contribution is -0.142. The topological polar surface area (TPSA) is 49.9 Å². The molecule has 0 N–H and O–H groups in total. The molecule has 2 aromatic rings. The standard InChI is InChI=1S/C23H26N2O3S/c1-29-20-5-2-4-19(16-20)17-7-9-18(10-8-17)22(26)24-11-13-25(14-12-24)23(27)21-6-3-15-28-21/h2,4-5,7-10,16,21H,3,6,11-15H2,1H3/t21-/m0/s1. The Morgan fingerprint density at radius 2 is 1.69 bits per heavy atom. The van der Waals surface area contributed by atoms with Gasteiger partial charge in [-0.25, -0.2) is 0 Å². The van der Waals surface area contributed by atoms with Gasteiger partial charge in [-0.15, -0.1) is 11.8 Å². The zero-order valence-corrected chi connectivity index (χ0v) is 17.5. The van der Waals surface area contributed by atoms with Crippen LogP contribution in [-0.2, 0) is 9.53 Å². The van der Waals surface area contributed by atoms with Crippen LogP contribution in [-0.4, -0.2) is 66.8 Å². The number of nitrogens with zero attached hydrogens (tertiary/aromatic N) is 2. The van der Waals surface area contributed by atoms with Gasteiger partial charge >= 0.3 is 0 Å². The molecule has 1 atom stereocenters. The molecule has 0 saturated carbocycles. The van der Waals surface area contributed by atoms with Crippen LogP contribution < -0.4 is 0 Å². The Morgan fingerprint density at radius 3 is 2.34 bits per heavy atom. The number of hydrogen-bond acceptors (Lipinski definition) is 4. The maximum atomic E-state index is 12.9. The molecule has 0 aromatic heterocycles. The van der Waals surface area contributed by atoms with Crippen molar-refractivity contribution < 1.29 is 14.3 Å². The van der Waals surface area contributed by atoms with Gasteiger partial charge in [-0.2, -0.15) is 0 Å². The fourth-order valence-corrected chi connectivity index (χ4v) is 4.36. The van der Waals surface area contributed by atoms with Crippen molar-refractivity contribution in [3.8, 4) is 11.1 Å². The van der Waals surface area contributed by atoms with Gasteiger partial charge in [0.2, 0.25) is 0 Å². The van der Waals surface area contributed by atoms with Crippen LogP contribution in [0.3, 0.4) is 0 Å². The van der Waals surface area contributed by atoms with E-state index in [-0.39, 0.29) is 17.9 Å². The number of piperazine rings is 1. The molecule has 2 saturated heterocycles. The predicted octanol–water partition coefficient (Wildman–Crippen LogP) is 3.54. The summed E-state index contributed by atoms with van der Waals surface area (Å²) in [4.78, 5) is 30.2. The van der Waals surface area contributed by atoms with Crippen LogP contribution in [0.15, 0.2) is 53.4 Å². The van der Waals surface area contributed by atoms with Gasteiger partial charge in [-0.3, -0.25) is 9.59 Å². The van der Waals surface area contributed by atoms with Gasteiger partial charge in [0.1, 0.15) is 6.10 Å². The van der Waals surface area contributed by atoms with Gasteiger partial charge in [0.15, 0.2) is 0 Å². The van der Waals surface area contributed by atoms with E-state index < -0.39 is 0 Å². The van der Waals surface area contributed by atoms with Crippen LogP contribution in [0.4, 0.5) is 0 Å². The summed E-state index contributed by atoms with van der Waals surface area (Å²) < 4.78 is 5.50. The van der Waals surface area contributed by atoms with E-state index in [9.17, 15) is 9.59 Å². The van der Waals surface area contributed by atoms with Crippen molar-refractivity contribution in [3.05, 3.63) is 54.1 Å². The molecule has 0 spiro atoms. The number of rotatable bonds is 4. The average Bonchev–Trinajstić information content (AvgIpc) is 3.33. The van der Waals surface area contributed by atoms with Gasteiger partial charge in [-0.05, 0) is 54.5 Å². The van der Waals surface area contributed by atoms with Crippen molar-refractivity contribution in [2.24, 2.45) is 0 Å². The highest BCUT2D eigenvalue weighted by Crippen LogP contribution is 2.25. The van der Waals surface area contributed by atoms with Crippen LogP contribution >= 0.6 is 11.8 Å². The Balaban J connectivity index is 1.37. The quantitative estimate of drug-likeness (QED) is 0.724. The molecule has 0 bridgehead atoms. The minimum Gasteiger partial charge on any atom is -0.368 e. The van der Waals surface area contributed by atoms with E-state index in [2.05, 4.69) is 30.5 Å². The highest BCUT2D eigenvalue weighted by Gasteiger charge is 2.31. The number of benzene rings is 2. The first-order valence-corrected chi connectivity index (χ1v) is 11.3. The highest BCUT2D eigenvalue weighted by atomic mass is 32.2. The summed E-state index contributed by atoms with van der Waals surface area (Å²) in [6.45, 7) is 2.95. The zero-order chi connectivity index (χ0) is 20.2. The van der Waals surface area contributed by atoms with E-state index in [4.69, 9.17) is 4.74 Å². The second-order valence-corrected chi connectivity index (χ2v) is 8.31. The van der Waals surface area contributed by atoms with E-state index >= 15 is 0 Å². The van der Waals surface area contributed by atoms with E-state index in [0.29, 0.717) is 38.3 Å².